The summed E-state index contributed by atoms with van der Waals surface area (Å²) in [5, 5.41) is 4.74. The molecule has 1 heterocycles. The SMILES string of the molecule is C=CCn1c(-c2ccccc2)nn(C[NH+](C)Cc2ccc(F)cc2)c1=S. The number of quaternary nitrogens is 1. The van der Waals surface area contributed by atoms with Crippen LogP contribution in [0.3, 0.4) is 0 Å². The third-order valence-electron chi connectivity index (χ3n) is 4.11. The van der Waals surface area contributed by atoms with Crippen molar-refractivity contribution in [3.8, 4) is 11.4 Å². The van der Waals surface area contributed by atoms with Crippen molar-refractivity contribution in [3.05, 3.63) is 83.4 Å². The molecule has 0 saturated carbocycles. The Kier molecular flexibility index (Phi) is 5.75. The summed E-state index contributed by atoms with van der Waals surface area (Å²) < 4.78 is 17.6. The van der Waals surface area contributed by atoms with Crippen LogP contribution in [0, 0.1) is 10.6 Å². The number of rotatable bonds is 7. The van der Waals surface area contributed by atoms with E-state index in [0.717, 1.165) is 23.5 Å². The van der Waals surface area contributed by atoms with Crippen LogP contribution in [0.4, 0.5) is 4.39 Å². The Morgan fingerprint density at radius 1 is 1.15 bits per heavy atom. The summed E-state index contributed by atoms with van der Waals surface area (Å²) in [6.45, 7) is 5.82. The third-order valence-corrected chi connectivity index (χ3v) is 4.54. The van der Waals surface area contributed by atoms with Crippen molar-refractivity contribution in [1.82, 2.24) is 14.3 Å². The lowest BCUT2D eigenvalue weighted by atomic mass is 10.2. The standard InChI is InChI=1S/C20H21FN4S/c1-3-13-24-19(17-7-5-4-6-8-17)22-25(20(24)26)15-23(2)14-16-9-11-18(21)12-10-16/h3-12H,1,13-15H2,2H3/p+1. The fraction of sp³-hybridized carbons (Fsp3) is 0.200. The van der Waals surface area contributed by atoms with Gasteiger partial charge in [-0.1, -0.05) is 48.5 Å². The van der Waals surface area contributed by atoms with Gasteiger partial charge in [-0.25, -0.2) is 4.39 Å². The van der Waals surface area contributed by atoms with Crippen molar-refractivity contribution in [3.63, 3.8) is 0 Å². The highest BCUT2D eigenvalue weighted by atomic mass is 32.1. The summed E-state index contributed by atoms with van der Waals surface area (Å²) in [4.78, 5) is 1.20. The molecule has 0 bridgehead atoms. The number of nitrogens with one attached hydrogen (secondary N) is 1. The van der Waals surface area contributed by atoms with Crippen molar-refractivity contribution in [1.29, 1.82) is 0 Å². The van der Waals surface area contributed by atoms with Gasteiger partial charge in [0.2, 0.25) is 4.77 Å². The molecule has 1 unspecified atom stereocenters. The minimum absolute atomic E-state index is 0.218. The van der Waals surface area contributed by atoms with Crippen LogP contribution in [-0.2, 0) is 19.8 Å². The molecule has 0 fully saturated rings. The van der Waals surface area contributed by atoms with Crippen molar-refractivity contribution < 1.29 is 9.29 Å². The summed E-state index contributed by atoms with van der Waals surface area (Å²) in [6, 6.07) is 16.6. The molecule has 1 atom stereocenters. The molecule has 4 nitrogen and oxygen atoms in total. The molecule has 0 saturated heterocycles. The molecule has 0 radical (unpaired) electrons. The Hall–Kier alpha value is -2.57. The number of hydrogen-bond acceptors (Lipinski definition) is 2. The third kappa shape index (κ3) is 4.15. The number of hydrogen-bond donors (Lipinski definition) is 1. The molecule has 3 aromatic rings. The monoisotopic (exact) mass is 369 g/mol. The summed E-state index contributed by atoms with van der Waals surface area (Å²) in [5.74, 6) is 0.620. The first-order valence-electron chi connectivity index (χ1n) is 8.48. The van der Waals surface area contributed by atoms with Gasteiger partial charge < -0.3 is 4.90 Å². The zero-order valence-corrected chi connectivity index (χ0v) is 15.5. The van der Waals surface area contributed by atoms with Crippen LogP contribution >= 0.6 is 12.2 Å². The predicted octanol–water partition coefficient (Wildman–Crippen LogP) is 3.08. The normalized spacial score (nSPS) is 12.1. The zero-order chi connectivity index (χ0) is 18.5. The first-order valence-corrected chi connectivity index (χ1v) is 8.89. The van der Waals surface area contributed by atoms with E-state index in [1.807, 2.05) is 57.8 Å². The molecule has 134 valence electrons. The minimum Gasteiger partial charge on any atom is -0.315 e. The second-order valence-electron chi connectivity index (χ2n) is 6.29. The van der Waals surface area contributed by atoms with Gasteiger partial charge in [-0.2, -0.15) is 4.68 Å². The van der Waals surface area contributed by atoms with Crippen molar-refractivity contribution >= 4 is 12.2 Å². The van der Waals surface area contributed by atoms with Crippen LogP contribution in [0.5, 0.6) is 0 Å². The van der Waals surface area contributed by atoms with Crippen molar-refractivity contribution in [2.45, 2.75) is 19.8 Å². The Morgan fingerprint density at radius 2 is 1.85 bits per heavy atom. The van der Waals surface area contributed by atoms with Gasteiger partial charge >= 0.3 is 0 Å². The van der Waals surface area contributed by atoms with Gasteiger partial charge in [0.05, 0.1) is 7.05 Å². The van der Waals surface area contributed by atoms with E-state index in [0.29, 0.717) is 18.0 Å². The molecule has 0 aliphatic heterocycles. The van der Waals surface area contributed by atoms with Gasteiger partial charge in [0.1, 0.15) is 12.4 Å². The Bertz CT molecular complexity index is 929. The molecule has 2 aromatic carbocycles. The highest BCUT2D eigenvalue weighted by Crippen LogP contribution is 2.17. The van der Waals surface area contributed by atoms with Gasteiger partial charge in [0.25, 0.3) is 0 Å². The summed E-state index contributed by atoms with van der Waals surface area (Å²) >= 11 is 5.63. The van der Waals surface area contributed by atoms with Gasteiger partial charge in [0, 0.05) is 17.7 Å². The molecule has 0 aliphatic carbocycles. The molecule has 1 aromatic heterocycles. The Balaban J connectivity index is 1.84. The summed E-state index contributed by atoms with van der Waals surface area (Å²) in [5.41, 5.74) is 2.10. The van der Waals surface area contributed by atoms with Crippen LogP contribution in [0.25, 0.3) is 11.4 Å². The maximum atomic E-state index is 13.1. The average molecular weight is 369 g/mol. The topological polar surface area (TPSA) is 27.2 Å². The highest BCUT2D eigenvalue weighted by molar-refractivity contribution is 7.71. The largest absolute Gasteiger partial charge is 0.315 e. The van der Waals surface area contributed by atoms with Gasteiger partial charge in [-0.05, 0) is 24.4 Å². The van der Waals surface area contributed by atoms with E-state index < -0.39 is 0 Å². The first kappa shape index (κ1) is 18.2. The van der Waals surface area contributed by atoms with Gasteiger partial charge in [-0.15, -0.1) is 11.7 Å². The van der Waals surface area contributed by atoms with Crippen molar-refractivity contribution in [2.75, 3.05) is 7.05 Å². The molecule has 3 rings (SSSR count). The fourth-order valence-electron chi connectivity index (χ4n) is 2.90. The number of allylic oxidation sites excluding steroid dienone is 1. The van der Waals surface area contributed by atoms with E-state index in [1.165, 1.54) is 17.0 Å². The Morgan fingerprint density at radius 3 is 2.50 bits per heavy atom. The summed E-state index contributed by atoms with van der Waals surface area (Å²) in [6.07, 6.45) is 1.82. The maximum absolute atomic E-state index is 13.1. The van der Waals surface area contributed by atoms with E-state index in [4.69, 9.17) is 17.3 Å². The molecule has 26 heavy (non-hydrogen) atoms. The molecule has 0 amide bonds. The van der Waals surface area contributed by atoms with Crippen LogP contribution < -0.4 is 4.90 Å². The molecular formula is C20H22FN4S+. The first-order chi connectivity index (χ1) is 12.6. The lowest BCUT2D eigenvalue weighted by Crippen LogP contribution is -3.07. The van der Waals surface area contributed by atoms with Crippen LogP contribution in [0.15, 0.2) is 67.3 Å². The number of nitrogens with zero attached hydrogens (tertiary/aromatic N) is 3. The number of aromatic nitrogens is 3. The molecule has 1 N–H and O–H groups in total. The minimum atomic E-state index is -0.218. The summed E-state index contributed by atoms with van der Waals surface area (Å²) in [7, 11) is 2.07. The molecule has 6 heteroatoms. The second-order valence-corrected chi connectivity index (χ2v) is 6.65. The predicted molar refractivity (Wildman–Crippen MR) is 104 cm³/mol. The lowest BCUT2D eigenvalue weighted by Gasteiger charge is -2.13. The van der Waals surface area contributed by atoms with E-state index in [9.17, 15) is 4.39 Å². The van der Waals surface area contributed by atoms with Gasteiger partial charge in [-0.3, -0.25) is 4.57 Å². The van der Waals surface area contributed by atoms with Gasteiger partial charge in [0.15, 0.2) is 12.5 Å². The smallest absolute Gasteiger partial charge is 0.203 e. The quantitative estimate of drug-likeness (QED) is 0.512. The molecule has 0 aliphatic rings. The zero-order valence-electron chi connectivity index (χ0n) is 14.7. The average Bonchev–Trinajstić information content (AvgIpc) is 2.94. The van der Waals surface area contributed by atoms with E-state index in [2.05, 4.69) is 13.6 Å². The maximum Gasteiger partial charge on any atom is 0.203 e. The van der Waals surface area contributed by atoms with Crippen LogP contribution in [0.1, 0.15) is 5.56 Å². The van der Waals surface area contributed by atoms with E-state index >= 15 is 0 Å². The Labute approximate surface area is 157 Å². The second kappa shape index (κ2) is 8.21. The molecular weight excluding hydrogens is 347 g/mol. The lowest BCUT2D eigenvalue weighted by molar-refractivity contribution is -0.917. The van der Waals surface area contributed by atoms with E-state index in [-0.39, 0.29) is 5.82 Å². The number of benzene rings is 2. The van der Waals surface area contributed by atoms with Crippen LogP contribution in [0.2, 0.25) is 0 Å². The fourth-order valence-corrected chi connectivity index (χ4v) is 3.17. The number of halogens is 1. The molecule has 0 spiro atoms. The van der Waals surface area contributed by atoms with Crippen LogP contribution in [-0.4, -0.2) is 21.4 Å². The van der Waals surface area contributed by atoms with Crippen molar-refractivity contribution in [2.24, 2.45) is 0 Å². The highest BCUT2D eigenvalue weighted by Gasteiger charge is 2.14. The van der Waals surface area contributed by atoms with E-state index in [1.54, 1.807) is 0 Å².